The third-order valence-corrected chi connectivity index (χ3v) is 4.36. The van der Waals surface area contributed by atoms with Gasteiger partial charge >= 0.3 is 0 Å². The first-order chi connectivity index (χ1) is 9.69. The molecule has 20 heavy (non-hydrogen) atoms. The summed E-state index contributed by atoms with van der Waals surface area (Å²) in [6.45, 7) is 0. The van der Waals surface area contributed by atoms with Crippen LogP contribution >= 0.6 is 15.9 Å². The first-order valence-corrected chi connectivity index (χ1v) is 7.32. The number of halogens is 1. The average Bonchev–Trinajstić information content (AvgIpc) is 2.81. The van der Waals surface area contributed by atoms with Crippen LogP contribution in [0.25, 0.3) is 0 Å². The number of aryl methyl sites for hydroxylation is 1. The Hall–Kier alpha value is -1.99. The van der Waals surface area contributed by atoms with Crippen LogP contribution < -0.4 is 11.1 Å². The highest BCUT2D eigenvalue weighted by Crippen LogP contribution is 2.36. The molecule has 100 valence electrons. The number of hydrogen-bond acceptors (Lipinski definition) is 3. The highest BCUT2D eigenvalue weighted by Gasteiger charge is 2.23. The zero-order valence-electron chi connectivity index (χ0n) is 10.9. The molecule has 0 fully saturated rings. The first-order valence-electron chi connectivity index (χ1n) is 6.52. The van der Waals surface area contributed by atoms with Crippen LogP contribution in [-0.4, -0.2) is 0 Å². The third-order valence-electron chi connectivity index (χ3n) is 3.70. The summed E-state index contributed by atoms with van der Waals surface area (Å²) in [7, 11) is 0. The summed E-state index contributed by atoms with van der Waals surface area (Å²) < 4.78 is 0.820. The van der Waals surface area contributed by atoms with Crippen molar-refractivity contribution >= 4 is 27.3 Å². The lowest BCUT2D eigenvalue weighted by Gasteiger charge is -2.17. The Bertz CT molecular complexity index is 703. The van der Waals surface area contributed by atoms with Crippen LogP contribution in [0.3, 0.4) is 0 Å². The molecular weight excluding hydrogens is 314 g/mol. The maximum Gasteiger partial charge on any atom is 0.103 e. The van der Waals surface area contributed by atoms with Crippen LogP contribution in [0, 0.1) is 11.3 Å². The lowest BCUT2D eigenvalue weighted by atomic mass is 10.1. The molecule has 0 saturated heterocycles. The molecule has 0 amide bonds. The summed E-state index contributed by atoms with van der Waals surface area (Å²) >= 11 is 3.42. The van der Waals surface area contributed by atoms with E-state index in [0.29, 0.717) is 5.56 Å². The quantitative estimate of drug-likeness (QED) is 0.819. The number of fused-ring (bicyclic) bond motifs is 1. The molecule has 1 aliphatic rings. The molecule has 3 rings (SSSR count). The molecule has 2 aromatic rings. The summed E-state index contributed by atoms with van der Waals surface area (Å²) in [6, 6.07) is 14.3. The highest BCUT2D eigenvalue weighted by molar-refractivity contribution is 9.10. The molecule has 3 nitrogen and oxygen atoms in total. The van der Waals surface area contributed by atoms with E-state index in [0.717, 1.165) is 28.7 Å². The second-order valence-electron chi connectivity index (χ2n) is 4.97. The van der Waals surface area contributed by atoms with Crippen LogP contribution in [0.2, 0.25) is 0 Å². The maximum absolute atomic E-state index is 9.27. The number of nitriles is 1. The second kappa shape index (κ2) is 5.18. The van der Waals surface area contributed by atoms with Crippen molar-refractivity contribution in [2.24, 2.45) is 0 Å². The van der Waals surface area contributed by atoms with Crippen molar-refractivity contribution in [1.82, 2.24) is 0 Å². The fourth-order valence-corrected chi connectivity index (χ4v) is 3.19. The van der Waals surface area contributed by atoms with Crippen LogP contribution in [0.5, 0.6) is 0 Å². The van der Waals surface area contributed by atoms with Gasteiger partial charge in [-0.1, -0.05) is 12.1 Å². The number of anilines is 2. The van der Waals surface area contributed by atoms with Crippen molar-refractivity contribution < 1.29 is 0 Å². The number of nitrogen functional groups attached to an aromatic ring is 1. The predicted octanol–water partition coefficient (Wildman–Crippen LogP) is 4.00. The predicted molar refractivity (Wildman–Crippen MR) is 84.4 cm³/mol. The smallest absolute Gasteiger partial charge is 0.103 e. The van der Waals surface area contributed by atoms with Crippen LogP contribution in [0.4, 0.5) is 11.4 Å². The molecule has 0 spiro atoms. The molecule has 1 unspecified atom stereocenters. The summed E-state index contributed by atoms with van der Waals surface area (Å²) in [4.78, 5) is 0. The summed E-state index contributed by atoms with van der Waals surface area (Å²) in [5, 5.41) is 12.8. The van der Waals surface area contributed by atoms with Crippen molar-refractivity contribution in [3.8, 4) is 6.07 Å². The summed E-state index contributed by atoms with van der Waals surface area (Å²) in [5.74, 6) is 0. The van der Waals surface area contributed by atoms with Gasteiger partial charge in [0.2, 0.25) is 0 Å². The Kier molecular flexibility index (Phi) is 3.37. The minimum Gasteiger partial charge on any atom is -0.399 e. The Labute approximate surface area is 126 Å². The molecule has 3 N–H and O–H groups in total. The van der Waals surface area contributed by atoms with E-state index in [1.165, 1.54) is 11.1 Å². The Morgan fingerprint density at radius 1 is 1.30 bits per heavy atom. The first kappa shape index (κ1) is 13.0. The fourth-order valence-electron chi connectivity index (χ4n) is 2.73. The standard InChI is InChI=1S/C16H14BrN3/c17-14-2-1-3-15(13(14)9-18)20-16-7-4-10-8-11(19)5-6-12(10)16/h1-3,5-6,8,16,20H,4,7,19H2. The molecule has 0 bridgehead atoms. The van der Waals surface area contributed by atoms with Gasteiger partial charge in [0.25, 0.3) is 0 Å². The van der Waals surface area contributed by atoms with Gasteiger partial charge in [-0.15, -0.1) is 0 Å². The number of rotatable bonds is 2. The molecule has 4 heteroatoms. The van der Waals surface area contributed by atoms with Crippen molar-refractivity contribution in [3.05, 3.63) is 57.6 Å². The summed E-state index contributed by atoms with van der Waals surface area (Å²) in [5.41, 5.74) is 10.7. The Morgan fingerprint density at radius 3 is 2.95 bits per heavy atom. The lowest BCUT2D eigenvalue weighted by Crippen LogP contribution is -2.08. The van der Waals surface area contributed by atoms with E-state index >= 15 is 0 Å². The van der Waals surface area contributed by atoms with E-state index in [2.05, 4.69) is 33.4 Å². The van der Waals surface area contributed by atoms with Crippen molar-refractivity contribution in [2.45, 2.75) is 18.9 Å². The van der Waals surface area contributed by atoms with Crippen LogP contribution in [0.15, 0.2) is 40.9 Å². The number of benzene rings is 2. The second-order valence-corrected chi connectivity index (χ2v) is 5.82. The molecule has 1 aliphatic carbocycles. The number of hydrogen-bond donors (Lipinski definition) is 2. The Morgan fingerprint density at radius 2 is 2.15 bits per heavy atom. The van der Waals surface area contributed by atoms with Gasteiger partial charge in [0.05, 0.1) is 17.3 Å². The van der Waals surface area contributed by atoms with Gasteiger partial charge in [-0.2, -0.15) is 5.26 Å². The largest absolute Gasteiger partial charge is 0.399 e. The number of nitrogens with zero attached hydrogens (tertiary/aromatic N) is 1. The SMILES string of the molecule is N#Cc1c(Br)cccc1NC1CCc2cc(N)ccc21. The van der Waals surface area contributed by atoms with Crippen LogP contribution in [-0.2, 0) is 6.42 Å². The molecule has 2 aromatic carbocycles. The number of nitrogens with two attached hydrogens (primary N) is 1. The maximum atomic E-state index is 9.27. The molecule has 0 radical (unpaired) electrons. The zero-order chi connectivity index (χ0) is 14.1. The molecule has 0 aromatic heterocycles. The molecular formula is C16H14BrN3. The minimum absolute atomic E-state index is 0.243. The van der Waals surface area contributed by atoms with Crippen molar-refractivity contribution in [3.63, 3.8) is 0 Å². The van der Waals surface area contributed by atoms with E-state index in [1.54, 1.807) is 0 Å². The van der Waals surface area contributed by atoms with Gasteiger partial charge in [-0.05, 0) is 64.2 Å². The Balaban J connectivity index is 1.92. The zero-order valence-corrected chi connectivity index (χ0v) is 12.4. The topological polar surface area (TPSA) is 61.8 Å². The third kappa shape index (κ3) is 2.25. The molecule has 0 saturated carbocycles. The normalized spacial score (nSPS) is 16.5. The lowest BCUT2D eigenvalue weighted by molar-refractivity contribution is 0.761. The highest BCUT2D eigenvalue weighted by atomic mass is 79.9. The fraction of sp³-hybridized carbons (Fsp3) is 0.188. The monoisotopic (exact) mass is 327 g/mol. The molecule has 1 atom stereocenters. The average molecular weight is 328 g/mol. The van der Waals surface area contributed by atoms with Crippen LogP contribution in [0.1, 0.15) is 29.2 Å². The van der Waals surface area contributed by atoms with E-state index in [1.807, 2.05) is 30.3 Å². The van der Waals surface area contributed by atoms with Gasteiger partial charge in [0, 0.05) is 10.2 Å². The van der Waals surface area contributed by atoms with E-state index in [-0.39, 0.29) is 6.04 Å². The molecule has 0 heterocycles. The van der Waals surface area contributed by atoms with Gasteiger partial charge in [-0.3, -0.25) is 0 Å². The molecule has 0 aliphatic heterocycles. The van der Waals surface area contributed by atoms with Gasteiger partial charge < -0.3 is 11.1 Å². The van der Waals surface area contributed by atoms with Crippen molar-refractivity contribution in [1.29, 1.82) is 5.26 Å². The van der Waals surface area contributed by atoms with E-state index in [9.17, 15) is 5.26 Å². The van der Waals surface area contributed by atoms with E-state index in [4.69, 9.17) is 5.73 Å². The van der Waals surface area contributed by atoms with Gasteiger partial charge in [-0.25, -0.2) is 0 Å². The summed E-state index contributed by atoms with van der Waals surface area (Å²) in [6.07, 6.45) is 2.05. The van der Waals surface area contributed by atoms with Gasteiger partial charge in [0.15, 0.2) is 0 Å². The van der Waals surface area contributed by atoms with Crippen molar-refractivity contribution in [2.75, 3.05) is 11.1 Å². The van der Waals surface area contributed by atoms with E-state index < -0.39 is 0 Å². The number of nitrogens with one attached hydrogen (secondary N) is 1. The minimum atomic E-state index is 0.243. The van der Waals surface area contributed by atoms with Gasteiger partial charge in [0.1, 0.15) is 6.07 Å².